The number of likely N-dealkylation sites (tertiary alicyclic amines) is 1. The van der Waals surface area contributed by atoms with Gasteiger partial charge in [0.05, 0.1) is 7.11 Å². The zero-order chi connectivity index (χ0) is 14.7. The topological polar surface area (TPSA) is 24.5 Å². The largest absolute Gasteiger partial charge is 0.496 e. The fraction of sp³-hybridized carbons (Fsp3) is 0.667. The van der Waals surface area contributed by atoms with Crippen molar-refractivity contribution in [3.05, 3.63) is 29.8 Å². The molecule has 2 fully saturated rings. The molecule has 3 heteroatoms. The van der Waals surface area contributed by atoms with Gasteiger partial charge in [-0.25, -0.2) is 0 Å². The van der Waals surface area contributed by atoms with E-state index in [2.05, 4.69) is 35.3 Å². The van der Waals surface area contributed by atoms with Crippen LogP contribution in [0.15, 0.2) is 24.3 Å². The number of para-hydroxylation sites is 1. The maximum absolute atomic E-state index is 5.55. The standard InChI is InChI=1S/C18H28N2O/c1-3-19-17(16-9-4-5-10-18(16)21-2)13-20-11-14-7-6-8-15(14)12-20/h4-5,9-10,14-15,17,19H,3,6-8,11-13H2,1-2H3. The third kappa shape index (κ3) is 3.24. The first-order valence-corrected chi connectivity index (χ1v) is 8.40. The van der Waals surface area contributed by atoms with Crippen molar-refractivity contribution in [1.29, 1.82) is 0 Å². The zero-order valence-electron chi connectivity index (χ0n) is 13.3. The van der Waals surface area contributed by atoms with Gasteiger partial charge in [-0.15, -0.1) is 0 Å². The summed E-state index contributed by atoms with van der Waals surface area (Å²) < 4.78 is 5.55. The van der Waals surface area contributed by atoms with Gasteiger partial charge < -0.3 is 15.0 Å². The summed E-state index contributed by atoms with van der Waals surface area (Å²) in [7, 11) is 1.77. The van der Waals surface area contributed by atoms with Crippen LogP contribution < -0.4 is 10.1 Å². The molecule has 3 nitrogen and oxygen atoms in total. The molecule has 21 heavy (non-hydrogen) atoms. The lowest BCUT2D eigenvalue weighted by Gasteiger charge is -2.26. The van der Waals surface area contributed by atoms with Crippen molar-refractivity contribution in [3.8, 4) is 5.75 Å². The lowest BCUT2D eigenvalue weighted by molar-refractivity contribution is 0.270. The SMILES string of the molecule is CCNC(CN1CC2CCCC2C1)c1ccccc1OC. The van der Waals surface area contributed by atoms with Crippen molar-refractivity contribution in [3.63, 3.8) is 0 Å². The number of hydrogen-bond donors (Lipinski definition) is 1. The Morgan fingerprint density at radius 2 is 1.95 bits per heavy atom. The van der Waals surface area contributed by atoms with Crippen molar-refractivity contribution in [2.24, 2.45) is 11.8 Å². The van der Waals surface area contributed by atoms with Gasteiger partial charge in [-0.3, -0.25) is 0 Å². The summed E-state index contributed by atoms with van der Waals surface area (Å²) >= 11 is 0. The number of methoxy groups -OCH3 is 1. The van der Waals surface area contributed by atoms with Gasteiger partial charge in [-0.2, -0.15) is 0 Å². The predicted octanol–water partition coefficient (Wildman–Crippen LogP) is 3.08. The van der Waals surface area contributed by atoms with Gasteiger partial charge in [0.15, 0.2) is 0 Å². The highest BCUT2D eigenvalue weighted by molar-refractivity contribution is 5.36. The van der Waals surface area contributed by atoms with Crippen LogP contribution >= 0.6 is 0 Å². The molecule has 2 aliphatic rings. The number of nitrogens with zero attached hydrogens (tertiary/aromatic N) is 1. The lowest BCUT2D eigenvalue weighted by Crippen LogP contribution is -2.34. The highest BCUT2D eigenvalue weighted by atomic mass is 16.5. The van der Waals surface area contributed by atoms with Crippen LogP contribution in [0.2, 0.25) is 0 Å². The van der Waals surface area contributed by atoms with Crippen LogP contribution in [0, 0.1) is 11.8 Å². The van der Waals surface area contributed by atoms with Crippen LogP contribution in [0.5, 0.6) is 5.75 Å². The van der Waals surface area contributed by atoms with Crippen molar-refractivity contribution in [2.75, 3.05) is 33.3 Å². The number of nitrogens with one attached hydrogen (secondary N) is 1. The summed E-state index contributed by atoms with van der Waals surface area (Å²) in [5.74, 6) is 2.93. The summed E-state index contributed by atoms with van der Waals surface area (Å²) in [6, 6.07) is 8.79. The second-order valence-electron chi connectivity index (χ2n) is 6.52. The minimum atomic E-state index is 0.366. The van der Waals surface area contributed by atoms with Gasteiger partial charge in [-0.1, -0.05) is 31.5 Å². The fourth-order valence-corrected chi connectivity index (χ4v) is 4.21. The van der Waals surface area contributed by atoms with Crippen LogP contribution in [0.4, 0.5) is 0 Å². The van der Waals surface area contributed by atoms with Crippen LogP contribution in [0.25, 0.3) is 0 Å². The third-order valence-corrected chi connectivity index (χ3v) is 5.21. The van der Waals surface area contributed by atoms with E-state index in [1.54, 1.807) is 7.11 Å². The summed E-state index contributed by atoms with van der Waals surface area (Å²) in [6.45, 7) is 6.86. The normalized spacial score (nSPS) is 26.8. The Kier molecular flexibility index (Phi) is 4.81. The molecule has 0 amide bonds. The smallest absolute Gasteiger partial charge is 0.123 e. The summed E-state index contributed by atoms with van der Waals surface area (Å²) in [6.07, 6.45) is 4.34. The Labute approximate surface area is 128 Å². The number of rotatable bonds is 6. The lowest BCUT2D eigenvalue weighted by atomic mass is 10.0. The molecule has 1 heterocycles. The quantitative estimate of drug-likeness (QED) is 0.870. The Hall–Kier alpha value is -1.06. The van der Waals surface area contributed by atoms with E-state index in [-0.39, 0.29) is 0 Å². The van der Waals surface area contributed by atoms with E-state index in [1.807, 2.05) is 6.07 Å². The van der Waals surface area contributed by atoms with Gasteiger partial charge in [0.25, 0.3) is 0 Å². The molecule has 0 bridgehead atoms. The summed E-state index contributed by atoms with van der Waals surface area (Å²) in [4.78, 5) is 2.66. The molecule has 3 rings (SSSR count). The second kappa shape index (κ2) is 6.80. The molecule has 1 N–H and O–H groups in total. The minimum Gasteiger partial charge on any atom is -0.496 e. The molecule has 3 atom stereocenters. The van der Waals surface area contributed by atoms with Gasteiger partial charge in [0.2, 0.25) is 0 Å². The molecule has 3 unspecified atom stereocenters. The number of fused-ring (bicyclic) bond motifs is 1. The fourth-order valence-electron chi connectivity index (χ4n) is 4.21. The van der Waals surface area contributed by atoms with Gasteiger partial charge in [0, 0.05) is 31.2 Å². The highest BCUT2D eigenvalue weighted by Gasteiger charge is 2.36. The van der Waals surface area contributed by atoms with E-state index < -0.39 is 0 Å². The highest BCUT2D eigenvalue weighted by Crippen LogP contribution is 2.38. The molecule has 1 saturated heterocycles. The molecule has 1 aromatic carbocycles. The van der Waals surface area contributed by atoms with Gasteiger partial charge in [0.1, 0.15) is 5.75 Å². The van der Waals surface area contributed by atoms with Gasteiger partial charge >= 0.3 is 0 Å². The van der Waals surface area contributed by atoms with Gasteiger partial charge in [-0.05, 0) is 37.3 Å². The summed E-state index contributed by atoms with van der Waals surface area (Å²) in [5, 5.41) is 3.64. The molecule has 116 valence electrons. The van der Waals surface area contributed by atoms with Crippen molar-refractivity contribution < 1.29 is 4.74 Å². The Bertz CT molecular complexity index is 450. The maximum Gasteiger partial charge on any atom is 0.123 e. The number of likely N-dealkylation sites (N-methyl/N-ethyl adjacent to an activating group) is 1. The minimum absolute atomic E-state index is 0.366. The average Bonchev–Trinajstić information content (AvgIpc) is 3.08. The van der Waals surface area contributed by atoms with E-state index in [4.69, 9.17) is 4.74 Å². The number of benzene rings is 1. The van der Waals surface area contributed by atoms with E-state index in [0.717, 1.165) is 30.7 Å². The molecular weight excluding hydrogens is 260 g/mol. The molecule has 1 aromatic rings. The maximum atomic E-state index is 5.55. The molecule has 1 aliphatic carbocycles. The van der Waals surface area contributed by atoms with Crippen LogP contribution in [-0.4, -0.2) is 38.2 Å². The van der Waals surface area contributed by atoms with E-state index in [1.165, 1.54) is 37.9 Å². The van der Waals surface area contributed by atoms with Crippen molar-refractivity contribution in [2.45, 2.75) is 32.2 Å². The monoisotopic (exact) mass is 288 g/mol. The molecule has 1 aliphatic heterocycles. The Balaban J connectivity index is 1.70. The third-order valence-electron chi connectivity index (χ3n) is 5.21. The second-order valence-corrected chi connectivity index (χ2v) is 6.52. The van der Waals surface area contributed by atoms with E-state index in [9.17, 15) is 0 Å². The molecule has 1 saturated carbocycles. The first kappa shape index (κ1) is 14.9. The first-order chi connectivity index (χ1) is 10.3. The average molecular weight is 288 g/mol. The van der Waals surface area contributed by atoms with Crippen LogP contribution in [-0.2, 0) is 0 Å². The molecule has 0 spiro atoms. The summed E-state index contributed by atoms with van der Waals surface area (Å²) in [5.41, 5.74) is 1.29. The molecular formula is C18H28N2O. The molecule has 0 aromatic heterocycles. The zero-order valence-corrected chi connectivity index (χ0v) is 13.3. The van der Waals surface area contributed by atoms with E-state index in [0.29, 0.717) is 6.04 Å². The van der Waals surface area contributed by atoms with E-state index >= 15 is 0 Å². The predicted molar refractivity (Wildman–Crippen MR) is 86.7 cm³/mol. The number of ether oxygens (including phenoxy) is 1. The number of hydrogen-bond acceptors (Lipinski definition) is 3. The Morgan fingerprint density at radius 1 is 1.24 bits per heavy atom. The van der Waals surface area contributed by atoms with Crippen LogP contribution in [0.1, 0.15) is 37.8 Å². The molecule has 0 radical (unpaired) electrons. The van der Waals surface area contributed by atoms with Crippen molar-refractivity contribution in [1.82, 2.24) is 10.2 Å². The Morgan fingerprint density at radius 3 is 2.62 bits per heavy atom. The van der Waals surface area contributed by atoms with Crippen molar-refractivity contribution >= 4 is 0 Å². The van der Waals surface area contributed by atoms with Crippen LogP contribution in [0.3, 0.4) is 0 Å². The first-order valence-electron chi connectivity index (χ1n) is 8.40.